The van der Waals surface area contributed by atoms with E-state index in [-0.39, 0.29) is 0 Å². The molecule has 1 aromatic rings. The van der Waals surface area contributed by atoms with Crippen molar-refractivity contribution in [1.82, 2.24) is 15.1 Å². The van der Waals surface area contributed by atoms with Crippen LogP contribution in [0.15, 0.2) is 6.20 Å². The Morgan fingerprint density at radius 3 is 2.40 bits per heavy atom. The summed E-state index contributed by atoms with van der Waals surface area (Å²) in [7, 11) is 0. The summed E-state index contributed by atoms with van der Waals surface area (Å²) in [6.45, 7) is 4.43. The number of hydrogen-bond acceptors (Lipinski definition) is 2. The Hall–Kier alpha value is -0.830. The van der Waals surface area contributed by atoms with Crippen LogP contribution in [-0.2, 0) is 13.1 Å². The maximum atomic E-state index is 4.90. The van der Waals surface area contributed by atoms with Crippen LogP contribution in [0.4, 0.5) is 0 Å². The third kappa shape index (κ3) is 1.53. The number of nitrogens with zero attached hydrogens (tertiary/aromatic N) is 2. The summed E-state index contributed by atoms with van der Waals surface area (Å²) in [6.07, 6.45) is 11.4. The van der Waals surface area contributed by atoms with Gasteiger partial charge < -0.3 is 5.32 Å². The molecule has 4 saturated carbocycles. The van der Waals surface area contributed by atoms with Crippen molar-refractivity contribution in [2.24, 2.45) is 23.2 Å². The molecule has 1 aromatic heterocycles. The van der Waals surface area contributed by atoms with Gasteiger partial charge in [0.2, 0.25) is 0 Å². The van der Waals surface area contributed by atoms with E-state index in [0.717, 1.165) is 30.8 Å². The maximum absolute atomic E-state index is 4.90. The van der Waals surface area contributed by atoms with Crippen LogP contribution < -0.4 is 5.32 Å². The normalized spacial score (nSPS) is 43.0. The van der Waals surface area contributed by atoms with Gasteiger partial charge >= 0.3 is 0 Å². The third-order valence-corrected chi connectivity index (χ3v) is 6.87. The predicted molar refractivity (Wildman–Crippen MR) is 78.1 cm³/mol. The van der Waals surface area contributed by atoms with E-state index in [0.29, 0.717) is 11.5 Å². The second-order valence-corrected chi connectivity index (χ2v) is 8.14. The molecule has 4 fully saturated rings. The lowest BCUT2D eigenvalue weighted by atomic mass is 9.48. The minimum absolute atomic E-state index is 0.571. The lowest BCUT2D eigenvalue weighted by molar-refractivity contribution is -0.0811. The van der Waals surface area contributed by atoms with Gasteiger partial charge in [0.1, 0.15) is 0 Å². The van der Waals surface area contributed by atoms with Gasteiger partial charge in [-0.2, -0.15) is 5.10 Å². The van der Waals surface area contributed by atoms with Gasteiger partial charge in [-0.25, -0.2) is 0 Å². The largest absolute Gasteiger partial charge is 0.307 e. The second kappa shape index (κ2) is 3.88. The molecule has 0 aromatic carbocycles. The second-order valence-electron chi connectivity index (χ2n) is 8.14. The summed E-state index contributed by atoms with van der Waals surface area (Å²) < 4.78 is 2.33. The van der Waals surface area contributed by atoms with E-state index in [9.17, 15) is 0 Å². The van der Waals surface area contributed by atoms with E-state index in [1.165, 1.54) is 49.8 Å². The van der Waals surface area contributed by atoms with Gasteiger partial charge in [0.05, 0.1) is 11.7 Å². The van der Waals surface area contributed by atoms with E-state index in [1.54, 1.807) is 0 Å². The van der Waals surface area contributed by atoms with E-state index in [1.807, 2.05) is 0 Å². The van der Waals surface area contributed by atoms with E-state index in [2.05, 4.69) is 23.1 Å². The summed E-state index contributed by atoms with van der Waals surface area (Å²) in [6, 6.07) is 0.599. The standard InChI is InChI=1S/C17H25N3/c1-11(20-10-15-8-18-9-16(15)19-20)17-5-12-2-13(6-17)4-14(3-12)7-17/h10-14,18H,2-9H2,1H3. The average molecular weight is 271 g/mol. The van der Waals surface area contributed by atoms with Crippen LogP contribution in [-0.4, -0.2) is 9.78 Å². The fourth-order valence-corrected chi connectivity index (χ4v) is 6.25. The fraction of sp³-hybridized carbons (Fsp3) is 0.824. The third-order valence-electron chi connectivity index (χ3n) is 6.87. The van der Waals surface area contributed by atoms with E-state index in [4.69, 9.17) is 5.10 Å². The molecule has 1 N–H and O–H groups in total. The molecule has 1 unspecified atom stereocenters. The van der Waals surface area contributed by atoms with Crippen LogP contribution in [0.25, 0.3) is 0 Å². The van der Waals surface area contributed by atoms with Crippen LogP contribution in [0, 0.1) is 23.2 Å². The van der Waals surface area contributed by atoms with Crippen molar-refractivity contribution in [2.45, 2.75) is 64.6 Å². The maximum Gasteiger partial charge on any atom is 0.0807 e. The fourth-order valence-electron chi connectivity index (χ4n) is 6.25. The molecule has 4 bridgehead atoms. The molecule has 6 rings (SSSR count). The molecule has 0 spiro atoms. The lowest BCUT2D eigenvalue weighted by Crippen LogP contribution is -2.49. The molecule has 3 nitrogen and oxygen atoms in total. The molecule has 5 aliphatic rings. The van der Waals surface area contributed by atoms with Crippen molar-refractivity contribution in [3.63, 3.8) is 0 Å². The van der Waals surface area contributed by atoms with Crippen LogP contribution >= 0.6 is 0 Å². The first-order chi connectivity index (χ1) is 9.72. The van der Waals surface area contributed by atoms with Crippen molar-refractivity contribution in [3.8, 4) is 0 Å². The first kappa shape index (κ1) is 11.8. The van der Waals surface area contributed by atoms with Gasteiger partial charge in [-0.15, -0.1) is 0 Å². The Balaban J connectivity index is 1.49. The smallest absolute Gasteiger partial charge is 0.0807 e. The van der Waals surface area contributed by atoms with Crippen molar-refractivity contribution in [1.29, 1.82) is 0 Å². The molecule has 4 aliphatic carbocycles. The highest BCUT2D eigenvalue weighted by molar-refractivity contribution is 5.21. The Morgan fingerprint density at radius 1 is 1.15 bits per heavy atom. The Labute approximate surface area is 121 Å². The minimum Gasteiger partial charge on any atom is -0.307 e. The molecule has 0 saturated heterocycles. The van der Waals surface area contributed by atoms with Crippen molar-refractivity contribution >= 4 is 0 Å². The molecule has 108 valence electrons. The molecule has 20 heavy (non-hydrogen) atoms. The quantitative estimate of drug-likeness (QED) is 0.894. The van der Waals surface area contributed by atoms with Crippen molar-refractivity contribution in [2.75, 3.05) is 0 Å². The molecule has 1 aliphatic heterocycles. The summed E-state index contributed by atoms with van der Waals surface area (Å²) in [5, 5.41) is 8.30. The highest BCUT2D eigenvalue weighted by atomic mass is 15.3. The summed E-state index contributed by atoms with van der Waals surface area (Å²) in [5.74, 6) is 3.10. The Morgan fingerprint density at radius 2 is 1.80 bits per heavy atom. The topological polar surface area (TPSA) is 29.9 Å². The van der Waals surface area contributed by atoms with Gasteiger partial charge in [0.15, 0.2) is 0 Å². The van der Waals surface area contributed by atoms with Crippen LogP contribution in [0.2, 0.25) is 0 Å². The van der Waals surface area contributed by atoms with E-state index >= 15 is 0 Å². The number of hydrogen-bond donors (Lipinski definition) is 1. The molecular formula is C17H25N3. The zero-order chi connectivity index (χ0) is 13.3. The molecule has 0 amide bonds. The summed E-state index contributed by atoms with van der Waals surface area (Å²) in [4.78, 5) is 0. The molecular weight excluding hydrogens is 246 g/mol. The average Bonchev–Trinajstić information content (AvgIpc) is 2.96. The van der Waals surface area contributed by atoms with Gasteiger partial charge in [0.25, 0.3) is 0 Å². The lowest BCUT2D eigenvalue weighted by Gasteiger charge is -2.58. The monoisotopic (exact) mass is 271 g/mol. The first-order valence-corrected chi connectivity index (χ1v) is 8.49. The predicted octanol–water partition coefficient (Wildman–Crippen LogP) is 3.26. The molecule has 1 atom stereocenters. The van der Waals surface area contributed by atoms with Crippen LogP contribution in [0.1, 0.15) is 62.7 Å². The SMILES string of the molecule is CC(n1cc2c(n1)CNC2)C12CC3CC(CC(C3)C1)C2. The number of rotatable bonds is 2. The number of fused-ring (bicyclic) bond motifs is 1. The zero-order valence-electron chi connectivity index (χ0n) is 12.4. The number of aromatic nitrogens is 2. The van der Waals surface area contributed by atoms with Gasteiger partial charge in [-0.3, -0.25) is 4.68 Å². The van der Waals surface area contributed by atoms with Crippen molar-refractivity contribution in [3.05, 3.63) is 17.5 Å². The molecule has 3 heteroatoms. The van der Waals surface area contributed by atoms with Crippen LogP contribution in [0.3, 0.4) is 0 Å². The Kier molecular flexibility index (Phi) is 2.29. The van der Waals surface area contributed by atoms with Gasteiger partial charge in [-0.1, -0.05) is 0 Å². The summed E-state index contributed by atoms with van der Waals surface area (Å²) in [5.41, 5.74) is 3.30. The molecule has 0 radical (unpaired) electrons. The Bertz CT molecular complexity index is 488. The minimum atomic E-state index is 0.571. The highest BCUT2D eigenvalue weighted by Gasteiger charge is 2.53. The van der Waals surface area contributed by atoms with Crippen LogP contribution in [0.5, 0.6) is 0 Å². The van der Waals surface area contributed by atoms with Crippen molar-refractivity contribution < 1.29 is 0 Å². The highest BCUT2D eigenvalue weighted by Crippen LogP contribution is 2.63. The number of nitrogens with one attached hydrogen (secondary N) is 1. The van der Waals surface area contributed by atoms with E-state index < -0.39 is 0 Å². The van der Waals surface area contributed by atoms with Gasteiger partial charge in [-0.05, 0) is 68.6 Å². The first-order valence-electron chi connectivity index (χ1n) is 8.49. The summed E-state index contributed by atoms with van der Waals surface area (Å²) >= 11 is 0. The zero-order valence-corrected chi connectivity index (χ0v) is 12.4. The molecule has 2 heterocycles. The van der Waals surface area contributed by atoms with Gasteiger partial charge in [0, 0.05) is 24.8 Å².